The summed E-state index contributed by atoms with van der Waals surface area (Å²) in [6, 6.07) is 5.85. The molecule has 12 aromatic rings. The minimum absolute atomic E-state index is 0.000372. The van der Waals surface area contributed by atoms with E-state index in [-0.39, 0.29) is 111 Å². The van der Waals surface area contributed by atoms with Crippen LogP contribution in [0.2, 0.25) is 0 Å². The van der Waals surface area contributed by atoms with Gasteiger partial charge in [0, 0.05) is 132 Å². The van der Waals surface area contributed by atoms with E-state index in [0.29, 0.717) is 62.3 Å². The average Bonchev–Trinajstić information content (AvgIpc) is 1.51. The summed E-state index contributed by atoms with van der Waals surface area (Å²) in [5, 5.41) is -1.85. The van der Waals surface area contributed by atoms with Gasteiger partial charge in [-0.2, -0.15) is 54.5 Å². The van der Waals surface area contributed by atoms with E-state index >= 15 is 4.79 Å². The number of aromatic nitrogens is 6. The van der Waals surface area contributed by atoms with E-state index in [1.807, 2.05) is 0 Å². The zero-order valence-electron chi connectivity index (χ0n) is 121. The molecule has 144 heavy (non-hydrogen) atoms. The number of rotatable bonds is 39. The lowest BCUT2D eigenvalue weighted by Gasteiger charge is -2.28. The Hall–Kier alpha value is -11.9. The second kappa shape index (κ2) is 50.3. The van der Waals surface area contributed by atoms with Crippen LogP contribution in [0.3, 0.4) is 0 Å². The van der Waals surface area contributed by atoms with E-state index in [1.165, 1.54) is 126 Å². The van der Waals surface area contributed by atoms with E-state index < -0.39 is 365 Å². The molecule has 0 bridgehead atoms. The lowest BCUT2D eigenvalue weighted by Crippen LogP contribution is -2.40. The van der Waals surface area contributed by atoms with Crippen molar-refractivity contribution in [2.75, 3.05) is 78.2 Å². The fourth-order valence-corrected chi connectivity index (χ4v) is 16.5. The molecule has 2 atom stereocenters. The van der Waals surface area contributed by atoms with Crippen molar-refractivity contribution in [2.45, 2.75) is 197 Å². The number of amides is 3. The summed E-state index contributed by atoms with van der Waals surface area (Å²) < 4.78 is 547. The first-order chi connectivity index (χ1) is 85.7. The minimum Gasteiger partial charge on any atom is -0.336 e. The molecule has 3 aliphatic carbocycles. The third kappa shape index (κ3) is 29.5. The summed E-state index contributed by atoms with van der Waals surface area (Å²) in [6.07, 6.45) is -27.5. The van der Waals surface area contributed by atoms with Crippen LogP contribution >= 0.6 is 35.3 Å². The first-order valence-electron chi connectivity index (χ1n) is 65.9. The first kappa shape index (κ1) is 64.9. The maximum atomic E-state index is 15.2. The van der Waals surface area contributed by atoms with Crippen molar-refractivity contribution in [1.82, 2.24) is 58.1 Å². The Morgan fingerprint density at radius 3 is 1.06 bits per heavy atom. The minimum atomic E-state index is -5.41. The predicted octanol–water partition coefficient (Wildman–Crippen LogP) is 22.5. The second-order valence-corrected chi connectivity index (χ2v) is 34.3. The summed E-state index contributed by atoms with van der Waals surface area (Å²) in [4.78, 5) is 100. The van der Waals surface area contributed by atoms with Crippen molar-refractivity contribution in [3.63, 3.8) is 0 Å². The first-order valence-corrected chi connectivity index (χ1v) is 47.3. The Kier molecular flexibility index (Phi) is 22.7. The molecule has 2 unspecified atom stereocenters. The molecule has 18 nitrogen and oxygen atoms in total. The van der Waals surface area contributed by atoms with Gasteiger partial charge in [0.2, 0.25) is 17.7 Å². The molecule has 3 amide bonds. The summed E-state index contributed by atoms with van der Waals surface area (Å²) in [7, 11) is 0. The normalized spacial score (nSPS) is 21.5. The van der Waals surface area contributed by atoms with Gasteiger partial charge >= 0.3 is 18.5 Å². The van der Waals surface area contributed by atoms with E-state index in [2.05, 4.69) is 15.0 Å². The summed E-state index contributed by atoms with van der Waals surface area (Å²) in [5.41, 5.74) is -16.7. The van der Waals surface area contributed by atoms with Crippen molar-refractivity contribution in [1.29, 1.82) is 0 Å². The highest BCUT2D eigenvalue weighted by molar-refractivity contribution is 7.98. The number of nitrogens with zero attached hydrogens (tertiary/aromatic N) is 12. The third-order valence-corrected chi connectivity index (χ3v) is 24.5. The van der Waals surface area contributed by atoms with Gasteiger partial charge in [0.05, 0.1) is 53.7 Å². The highest BCUT2D eigenvalue weighted by Crippen LogP contribution is 2.39. The van der Waals surface area contributed by atoms with Gasteiger partial charge < -0.3 is 43.1 Å². The molecule has 9 aromatic carbocycles. The van der Waals surface area contributed by atoms with Crippen LogP contribution in [0.4, 0.5) is 52.7 Å². The Morgan fingerprint density at radius 1 is 0.382 bits per heavy atom. The highest BCUT2D eigenvalue weighted by Gasteiger charge is 2.36. The fourth-order valence-electron chi connectivity index (χ4n) is 13.8. The van der Waals surface area contributed by atoms with Gasteiger partial charge in [0.1, 0.15) is 36.9 Å². The molecule has 3 heterocycles. The largest absolute Gasteiger partial charge is 0.416 e. The molecule has 0 saturated carbocycles. The topological polar surface area (TPSA) is 175 Å². The SMILES string of the molecule is [2H]C([2H])(C(=O)N(Cc1ccc(-c2ccc(C(F)(F)F)cc2)cc1)C([2H])([2H])C([2H])([2H])N(CC)CC)n1c(SCc2ccc(F)cc2)nc(=O)c2c1C([2H])([2H])C([2H])(C)C2([2H])[2H].[2H]c1c([2H])c(-c2c([2H])c([2H])c(C(F)(F)F)c(C)c2[2H])c([2H])c([2H])c1CN(C(=O)C([2H])([2H])n1c(SCc2ccc(F)cc2)nc(=O)c2c1CCC2)C([2H])([2H])C([2H])([2H])N(CC)CC.[2H]c1c([2H])c(-c2c([2H])c([2H])c(C(F)(F)F)c([2H])c2[2H])c([2H])c([2H])c1CN(C(=O)C([2H])([2H])n1c(SCc2ccc(F)cc2)nc(=O)c2c1C([2H])([2H])C([2H])(C)C2([2H])[2H])C([2H])([2H])C([2H])([2H])N(CC)CC. The van der Waals surface area contributed by atoms with Crippen molar-refractivity contribution in [3.05, 3.63) is 350 Å². The van der Waals surface area contributed by atoms with Gasteiger partial charge in [0.25, 0.3) is 16.7 Å². The smallest absolute Gasteiger partial charge is 0.336 e. The van der Waals surface area contributed by atoms with Gasteiger partial charge in [-0.1, -0.05) is 236 Å². The zero-order chi connectivity index (χ0) is 141. The molecular formula is C111H120F12N12O6S3. The molecule has 33 heteroatoms. The number of alkyl halides is 9. The number of halogens is 12. The number of benzene rings is 9. The summed E-state index contributed by atoms with van der Waals surface area (Å²) in [6.45, 7) is -24.7. The standard InChI is InChI=1S/3C37H40F4N4O2S/c2*1-4-43(5-2)18-19-44(22-26-6-10-28(11-7-26)29-12-14-30(15-13-29)37(39,40)41)34(46)23-45-33-21-25(3)20-32(33)35(47)42-36(45)48-24-27-8-16-31(38)17-9-27;1-4-43(5-2)19-20-44(22-26-9-13-28(14-10-26)29-15-18-32(25(3)21-29)37(39,40)41)34(46)23-45-33-8-6-7-31(33)35(47)42-36(45)48-24-27-11-16-30(38)17-12-27/h2*6-17,25H,4-5,18-24H2,1-3H3;9-18,21H,4-8,19-20,22-24H2,1-3H3/i6D,7D,10D,11D,12D,13D,14D,15D,18D2,19D2,20D2,21D2,23D2,25D;18D2,19D2,20D2,21D2,23D2,25D;9D,10D,13D,14D,15D,18D,19D2,20D2,21D,23D2. The Bertz CT molecular complexity index is 8920. The van der Waals surface area contributed by atoms with Crippen LogP contribution in [0.25, 0.3) is 33.4 Å². The predicted molar refractivity (Wildman–Crippen MR) is 544 cm³/mol. The number of fused-ring (bicyclic) bond motifs is 3. The van der Waals surface area contributed by atoms with Crippen LogP contribution in [0, 0.1) is 36.2 Å². The number of carbonyl (C=O) groups is 3. The monoisotopic (exact) mass is 2080 g/mol. The van der Waals surface area contributed by atoms with Gasteiger partial charge in [-0.25, -0.2) is 13.2 Å². The Labute approximate surface area is 905 Å². The highest BCUT2D eigenvalue weighted by atomic mass is 32.2. The average molecular weight is 2090 g/mol. The third-order valence-electron chi connectivity index (χ3n) is 21.5. The van der Waals surface area contributed by atoms with E-state index in [0.717, 1.165) is 88.2 Å². The fraction of sp³-hybridized carbons (Fsp3) is 0.378. The van der Waals surface area contributed by atoms with E-state index in [4.69, 9.17) is 42.5 Å². The summed E-state index contributed by atoms with van der Waals surface area (Å²) in [5.74, 6) is -13.7. The van der Waals surface area contributed by atoms with Gasteiger partial charge in [0.15, 0.2) is 15.5 Å². The maximum Gasteiger partial charge on any atom is 0.416 e. The molecule has 0 N–H and O–H groups in total. The second-order valence-electron chi connectivity index (χ2n) is 31.5. The molecule has 0 aliphatic heterocycles. The van der Waals surface area contributed by atoms with Crippen LogP contribution in [-0.2, 0) is 128 Å². The molecule has 762 valence electrons. The van der Waals surface area contributed by atoms with Crippen LogP contribution in [0.15, 0.2) is 242 Å². The Morgan fingerprint density at radius 2 is 0.701 bits per heavy atom. The molecular weight excluding hydrogens is 1920 g/mol. The number of likely N-dealkylation sites (N-methyl/N-ethyl adjacent to an activating group) is 3. The molecule has 0 fully saturated rings. The van der Waals surface area contributed by atoms with E-state index in [9.17, 15) is 93.1 Å². The number of thioether (sulfide) groups is 3. The molecule has 0 radical (unpaired) electrons. The van der Waals surface area contributed by atoms with Crippen molar-refractivity contribution in [2.24, 2.45) is 11.8 Å². The van der Waals surface area contributed by atoms with Crippen LogP contribution in [-0.4, -0.2) is 154 Å². The maximum absolute atomic E-state index is 15.2. The van der Waals surface area contributed by atoms with Crippen LogP contribution < -0.4 is 16.7 Å². The number of hydrogen-bond donors (Lipinski definition) is 0. The van der Waals surface area contributed by atoms with Crippen LogP contribution in [0.5, 0.6) is 0 Å². The molecule has 3 aliphatic rings. The molecule has 15 rings (SSSR count). The van der Waals surface area contributed by atoms with Gasteiger partial charge in [-0.05, 0) is 242 Å². The Balaban J connectivity index is 0.000000227. The van der Waals surface area contributed by atoms with Gasteiger partial charge in [-0.3, -0.25) is 28.8 Å². The van der Waals surface area contributed by atoms with Crippen molar-refractivity contribution >= 4 is 53.0 Å². The van der Waals surface area contributed by atoms with E-state index in [1.54, 1.807) is 0 Å². The zero-order valence-corrected chi connectivity index (χ0v) is 80.7. The van der Waals surface area contributed by atoms with Crippen LogP contribution in [0.1, 0.15) is 210 Å². The number of hydrogen-bond acceptors (Lipinski definition) is 15. The lowest BCUT2D eigenvalue weighted by molar-refractivity contribution is -0.138. The number of carbonyl (C=O) groups excluding carboxylic acids is 3. The molecule has 3 aromatic heterocycles. The molecule has 0 spiro atoms. The lowest BCUT2D eigenvalue weighted by atomic mass is 9.98. The molecule has 0 saturated heterocycles. The summed E-state index contributed by atoms with van der Waals surface area (Å²) >= 11 is 1.87. The van der Waals surface area contributed by atoms with Gasteiger partial charge in [-0.15, -0.1) is 0 Å². The quantitative estimate of drug-likeness (QED) is 0.0202. The van der Waals surface area contributed by atoms with Crippen molar-refractivity contribution in [3.8, 4) is 33.4 Å². The van der Waals surface area contributed by atoms with Crippen molar-refractivity contribution < 1.29 is 126 Å².